The van der Waals surface area contributed by atoms with Gasteiger partial charge in [0.1, 0.15) is 0 Å². The Labute approximate surface area is 182 Å². The summed E-state index contributed by atoms with van der Waals surface area (Å²) >= 11 is 11.3. The molecule has 0 fully saturated rings. The number of hydrogen-bond acceptors (Lipinski definition) is 2. The van der Waals surface area contributed by atoms with Gasteiger partial charge in [-0.15, -0.1) is 0 Å². The van der Waals surface area contributed by atoms with Crippen molar-refractivity contribution in [3.8, 4) is 0 Å². The highest BCUT2D eigenvalue weighted by Crippen LogP contribution is 2.38. The Kier molecular flexibility index (Phi) is 6.10. The highest BCUT2D eigenvalue weighted by Gasteiger charge is 2.38. The van der Waals surface area contributed by atoms with Gasteiger partial charge in [0.05, 0.1) is 17.2 Å². The van der Waals surface area contributed by atoms with Crippen molar-refractivity contribution < 1.29 is 18.0 Å². The molecule has 1 aliphatic heterocycles. The van der Waals surface area contributed by atoms with E-state index in [1.807, 2.05) is 0 Å². The second-order valence-electron chi connectivity index (χ2n) is 6.94. The van der Waals surface area contributed by atoms with Gasteiger partial charge in [0.2, 0.25) is 0 Å². The number of alkyl halides is 3. The number of thiocarbonyl (C=S) groups is 1. The molecule has 0 saturated heterocycles. The van der Waals surface area contributed by atoms with Gasteiger partial charge in [-0.1, -0.05) is 23.7 Å². The molecule has 3 rings (SSSR count). The standard InChI is InChI=1S/C21H19ClF3N3OS/c1-12-17(19(29)26-16-9-7-15(22)8-10-16)18(28(3)20(30)27(12)2)13-5-4-6-14(11-13)21(23,24)25/h4-11,18H,1-3H3,(H,26,29)/t18-/m1/s1. The van der Waals surface area contributed by atoms with Crippen LogP contribution in [0.5, 0.6) is 0 Å². The van der Waals surface area contributed by atoms with Gasteiger partial charge in [-0.05, 0) is 61.1 Å². The van der Waals surface area contributed by atoms with Crippen molar-refractivity contribution in [3.05, 3.63) is 76.0 Å². The van der Waals surface area contributed by atoms with Gasteiger partial charge >= 0.3 is 6.18 Å². The van der Waals surface area contributed by atoms with Gasteiger partial charge in [-0.3, -0.25) is 4.79 Å². The molecule has 158 valence electrons. The first-order valence-electron chi connectivity index (χ1n) is 8.96. The monoisotopic (exact) mass is 453 g/mol. The van der Waals surface area contributed by atoms with Crippen LogP contribution in [-0.2, 0) is 11.0 Å². The predicted octanol–water partition coefficient (Wildman–Crippen LogP) is 5.47. The molecule has 2 aromatic carbocycles. The van der Waals surface area contributed by atoms with E-state index in [-0.39, 0.29) is 0 Å². The van der Waals surface area contributed by atoms with Crippen LogP contribution in [-0.4, -0.2) is 34.9 Å². The first-order chi connectivity index (χ1) is 14.0. The molecule has 30 heavy (non-hydrogen) atoms. The van der Waals surface area contributed by atoms with E-state index < -0.39 is 23.7 Å². The molecule has 4 nitrogen and oxygen atoms in total. The summed E-state index contributed by atoms with van der Waals surface area (Å²) < 4.78 is 39.8. The lowest BCUT2D eigenvalue weighted by molar-refractivity contribution is -0.137. The largest absolute Gasteiger partial charge is 0.416 e. The van der Waals surface area contributed by atoms with E-state index in [2.05, 4.69) is 5.32 Å². The van der Waals surface area contributed by atoms with E-state index in [4.69, 9.17) is 23.8 Å². The molecule has 0 radical (unpaired) electrons. The Hall–Kier alpha value is -2.58. The lowest BCUT2D eigenvalue weighted by Crippen LogP contribution is -2.47. The molecule has 0 saturated carbocycles. The predicted molar refractivity (Wildman–Crippen MR) is 115 cm³/mol. The topological polar surface area (TPSA) is 35.6 Å². The van der Waals surface area contributed by atoms with Crippen molar-refractivity contribution >= 4 is 40.5 Å². The van der Waals surface area contributed by atoms with Crippen molar-refractivity contribution in [2.75, 3.05) is 19.4 Å². The molecule has 0 spiro atoms. The van der Waals surface area contributed by atoms with E-state index in [0.717, 1.165) is 12.1 Å². The third kappa shape index (κ3) is 4.29. The highest BCUT2D eigenvalue weighted by atomic mass is 35.5. The van der Waals surface area contributed by atoms with Crippen LogP contribution in [0.3, 0.4) is 0 Å². The summed E-state index contributed by atoms with van der Waals surface area (Å²) in [5, 5.41) is 3.72. The van der Waals surface area contributed by atoms with Gasteiger partial charge in [0.25, 0.3) is 5.91 Å². The van der Waals surface area contributed by atoms with E-state index in [0.29, 0.717) is 32.7 Å². The number of nitrogens with zero attached hydrogens (tertiary/aromatic N) is 2. The van der Waals surface area contributed by atoms with Crippen LogP contribution >= 0.6 is 23.8 Å². The summed E-state index contributed by atoms with van der Waals surface area (Å²) in [6.07, 6.45) is -4.50. The van der Waals surface area contributed by atoms with Crippen LogP contribution < -0.4 is 5.32 Å². The Bertz CT molecular complexity index is 1020. The number of carbonyl (C=O) groups excluding carboxylic acids is 1. The summed E-state index contributed by atoms with van der Waals surface area (Å²) in [6.45, 7) is 1.72. The van der Waals surface area contributed by atoms with Gasteiger partial charge in [0.15, 0.2) is 5.11 Å². The fraction of sp³-hybridized carbons (Fsp3) is 0.238. The summed E-state index contributed by atoms with van der Waals surface area (Å²) in [6, 6.07) is 10.7. The number of anilines is 1. The van der Waals surface area contributed by atoms with Crippen LogP contribution in [0, 0.1) is 0 Å². The van der Waals surface area contributed by atoms with Crippen molar-refractivity contribution in [1.82, 2.24) is 9.80 Å². The van der Waals surface area contributed by atoms with E-state index in [9.17, 15) is 18.0 Å². The van der Waals surface area contributed by atoms with Crippen LogP contribution in [0.1, 0.15) is 24.1 Å². The minimum Gasteiger partial charge on any atom is -0.340 e. The number of halogens is 4. The Morgan fingerprint density at radius 1 is 1.13 bits per heavy atom. The number of carbonyl (C=O) groups is 1. The third-order valence-electron chi connectivity index (χ3n) is 5.02. The molecule has 1 N–H and O–H groups in total. The Balaban J connectivity index is 2.08. The average molecular weight is 454 g/mol. The molecule has 0 unspecified atom stereocenters. The first-order valence-corrected chi connectivity index (χ1v) is 9.74. The number of amides is 1. The van der Waals surface area contributed by atoms with Gasteiger partial charge < -0.3 is 15.1 Å². The number of allylic oxidation sites excluding steroid dienone is 1. The summed E-state index contributed by atoms with van der Waals surface area (Å²) in [5.41, 5.74) is 0.928. The van der Waals surface area contributed by atoms with Gasteiger partial charge in [0, 0.05) is 30.5 Å². The van der Waals surface area contributed by atoms with E-state index in [1.54, 1.807) is 61.2 Å². The molecule has 0 aliphatic carbocycles. The lowest BCUT2D eigenvalue weighted by atomic mass is 9.92. The minimum absolute atomic E-state index is 0.308. The van der Waals surface area contributed by atoms with Gasteiger partial charge in [-0.2, -0.15) is 13.2 Å². The zero-order chi connectivity index (χ0) is 22.2. The summed E-state index contributed by atoms with van der Waals surface area (Å²) in [5.74, 6) is -0.432. The number of hydrogen-bond donors (Lipinski definition) is 1. The average Bonchev–Trinajstić information content (AvgIpc) is 2.70. The third-order valence-corrected chi connectivity index (χ3v) is 5.83. The molecule has 1 aliphatic rings. The van der Waals surface area contributed by atoms with E-state index in [1.165, 1.54) is 6.07 Å². The zero-order valence-electron chi connectivity index (χ0n) is 16.4. The molecule has 1 heterocycles. The Morgan fingerprint density at radius 3 is 2.37 bits per heavy atom. The van der Waals surface area contributed by atoms with Crippen LogP contribution in [0.2, 0.25) is 5.02 Å². The van der Waals surface area contributed by atoms with E-state index >= 15 is 0 Å². The summed E-state index contributed by atoms with van der Waals surface area (Å²) in [4.78, 5) is 16.5. The van der Waals surface area contributed by atoms with Crippen molar-refractivity contribution in [3.63, 3.8) is 0 Å². The summed E-state index contributed by atoms with van der Waals surface area (Å²) in [7, 11) is 3.37. The quantitative estimate of drug-likeness (QED) is 0.625. The molecule has 9 heteroatoms. The van der Waals surface area contributed by atoms with Crippen molar-refractivity contribution in [2.24, 2.45) is 0 Å². The molecule has 1 amide bonds. The normalized spacial score (nSPS) is 17.4. The van der Waals surface area contributed by atoms with Crippen LogP contribution in [0.25, 0.3) is 0 Å². The fourth-order valence-electron chi connectivity index (χ4n) is 3.36. The highest BCUT2D eigenvalue weighted by molar-refractivity contribution is 7.80. The van der Waals surface area contributed by atoms with Crippen molar-refractivity contribution in [1.29, 1.82) is 0 Å². The minimum atomic E-state index is -4.50. The second-order valence-corrected chi connectivity index (χ2v) is 7.74. The number of benzene rings is 2. The van der Waals surface area contributed by atoms with Crippen LogP contribution in [0.4, 0.5) is 18.9 Å². The molecule has 2 aromatic rings. The molecule has 0 aromatic heterocycles. The molecule has 1 atom stereocenters. The SMILES string of the molecule is CC1=C(C(=O)Nc2ccc(Cl)cc2)[C@@H](c2cccc(C(F)(F)F)c2)N(C)C(=S)N1C. The smallest absolute Gasteiger partial charge is 0.340 e. The molecular weight excluding hydrogens is 435 g/mol. The zero-order valence-corrected chi connectivity index (χ0v) is 18.0. The first kappa shape index (κ1) is 22.1. The van der Waals surface area contributed by atoms with Crippen LogP contribution in [0.15, 0.2) is 59.8 Å². The number of nitrogens with one attached hydrogen (secondary N) is 1. The maximum Gasteiger partial charge on any atom is 0.416 e. The Morgan fingerprint density at radius 2 is 1.77 bits per heavy atom. The van der Waals surface area contributed by atoms with Gasteiger partial charge in [-0.25, -0.2) is 0 Å². The molecule has 0 bridgehead atoms. The maximum atomic E-state index is 13.3. The maximum absolute atomic E-state index is 13.3. The second kappa shape index (κ2) is 8.28. The number of rotatable bonds is 3. The van der Waals surface area contributed by atoms with Crippen molar-refractivity contribution in [2.45, 2.75) is 19.1 Å². The number of likely N-dealkylation sites (N-methyl/N-ethyl adjacent to an activating group) is 1. The fourth-order valence-corrected chi connectivity index (χ4v) is 3.73. The lowest BCUT2D eigenvalue weighted by Gasteiger charge is -2.42. The molecular formula is C21H19ClF3N3OS.